The van der Waals surface area contributed by atoms with Gasteiger partial charge < -0.3 is 4.98 Å². The zero-order valence-electron chi connectivity index (χ0n) is 13.9. The molecule has 0 fully saturated rings. The number of nitrogens with zero attached hydrogens (tertiary/aromatic N) is 1. The normalized spacial score (nSPS) is 15.4. The largest absolute Gasteiger partial charge is 0.358 e. The van der Waals surface area contributed by atoms with E-state index in [1.165, 1.54) is 0 Å². The maximum Gasteiger partial charge on any atom is 0.243 e. The lowest BCUT2D eigenvalue weighted by molar-refractivity contribution is 0.391. The maximum absolute atomic E-state index is 13.0. The van der Waals surface area contributed by atoms with Crippen LogP contribution < -0.4 is 0 Å². The summed E-state index contributed by atoms with van der Waals surface area (Å²) in [5.74, 6) is 0. The molecule has 0 radical (unpaired) electrons. The lowest BCUT2D eigenvalue weighted by atomic mass is 10.1. The van der Waals surface area contributed by atoms with Gasteiger partial charge in [-0.15, -0.1) is 0 Å². The zero-order valence-corrected chi connectivity index (χ0v) is 15.5. The van der Waals surface area contributed by atoms with Crippen molar-refractivity contribution in [1.82, 2.24) is 9.29 Å². The fourth-order valence-electron chi connectivity index (χ4n) is 3.41. The van der Waals surface area contributed by atoms with Gasteiger partial charge in [-0.2, -0.15) is 4.31 Å². The molecule has 0 amide bonds. The highest BCUT2D eigenvalue weighted by Crippen LogP contribution is 2.32. The number of aromatic amines is 1. The number of hydrogen-bond acceptors (Lipinski definition) is 2. The Morgan fingerprint density at radius 3 is 2.64 bits per heavy atom. The Morgan fingerprint density at radius 1 is 1.16 bits per heavy atom. The van der Waals surface area contributed by atoms with Gasteiger partial charge in [0, 0.05) is 41.1 Å². The summed E-state index contributed by atoms with van der Waals surface area (Å²) >= 11 is 6.12. The lowest BCUT2D eigenvalue weighted by Gasteiger charge is -2.26. The summed E-state index contributed by atoms with van der Waals surface area (Å²) in [7, 11) is -3.50. The van der Waals surface area contributed by atoms with Crippen LogP contribution in [-0.4, -0.2) is 24.3 Å². The minimum atomic E-state index is -3.50. The van der Waals surface area contributed by atoms with Gasteiger partial charge >= 0.3 is 0 Å². The number of aryl methyl sites for hydroxylation is 1. The Labute approximate surface area is 152 Å². The quantitative estimate of drug-likeness (QED) is 0.749. The van der Waals surface area contributed by atoms with Gasteiger partial charge in [0.1, 0.15) is 0 Å². The van der Waals surface area contributed by atoms with Crippen LogP contribution in [0.15, 0.2) is 47.4 Å². The van der Waals surface area contributed by atoms with Crippen molar-refractivity contribution < 1.29 is 8.42 Å². The predicted octanol–water partition coefficient (Wildman–Crippen LogP) is 4.13. The second kappa shape index (κ2) is 6.16. The Morgan fingerprint density at radius 2 is 1.92 bits per heavy atom. The van der Waals surface area contributed by atoms with Crippen LogP contribution in [0.25, 0.3) is 10.9 Å². The number of benzene rings is 2. The van der Waals surface area contributed by atoms with Crippen molar-refractivity contribution in [3.8, 4) is 0 Å². The highest BCUT2D eigenvalue weighted by molar-refractivity contribution is 7.89. The van der Waals surface area contributed by atoms with Crippen molar-refractivity contribution >= 4 is 32.5 Å². The molecule has 4 nitrogen and oxygen atoms in total. The monoisotopic (exact) mass is 374 g/mol. The van der Waals surface area contributed by atoms with E-state index >= 15 is 0 Å². The Hall–Kier alpha value is -1.82. The van der Waals surface area contributed by atoms with E-state index in [9.17, 15) is 8.42 Å². The van der Waals surface area contributed by atoms with Gasteiger partial charge in [0.15, 0.2) is 0 Å². The molecule has 2 aromatic carbocycles. The number of fused-ring (bicyclic) bond motifs is 3. The summed E-state index contributed by atoms with van der Waals surface area (Å²) < 4.78 is 27.6. The van der Waals surface area contributed by atoms with Crippen molar-refractivity contribution in [1.29, 1.82) is 0 Å². The van der Waals surface area contributed by atoms with Crippen molar-refractivity contribution in [3.05, 3.63) is 64.3 Å². The number of nitrogens with one attached hydrogen (secondary N) is 1. The van der Waals surface area contributed by atoms with E-state index in [1.54, 1.807) is 16.4 Å². The molecule has 2 heterocycles. The fourth-order valence-corrected chi connectivity index (χ4v) is 4.99. The fraction of sp³-hybridized carbons (Fsp3) is 0.263. The molecule has 0 saturated heterocycles. The topological polar surface area (TPSA) is 53.2 Å². The first-order chi connectivity index (χ1) is 12.0. The molecule has 1 N–H and O–H groups in total. The van der Waals surface area contributed by atoms with Crippen molar-refractivity contribution in [2.24, 2.45) is 0 Å². The van der Waals surface area contributed by atoms with E-state index in [4.69, 9.17) is 11.6 Å². The van der Waals surface area contributed by atoms with E-state index in [1.807, 2.05) is 30.3 Å². The van der Waals surface area contributed by atoms with Crippen LogP contribution in [0.5, 0.6) is 0 Å². The van der Waals surface area contributed by atoms with Crippen molar-refractivity contribution in [3.63, 3.8) is 0 Å². The summed E-state index contributed by atoms with van der Waals surface area (Å²) in [4.78, 5) is 3.74. The summed E-state index contributed by atoms with van der Waals surface area (Å²) in [6, 6.07) is 12.9. The SMILES string of the molecule is CCc1ccc(S(=O)(=O)N2CCc3[nH]c4ccc(Cl)cc4c3C2)cc1. The predicted molar refractivity (Wildman–Crippen MR) is 100 cm³/mol. The molecule has 1 aliphatic heterocycles. The molecule has 1 aromatic heterocycles. The third-order valence-corrected chi connectivity index (χ3v) is 6.97. The molecule has 130 valence electrons. The molecule has 0 bridgehead atoms. The third-order valence-electron chi connectivity index (χ3n) is 4.87. The maximum atomic E-state index is 13.0. The molecule has 6 heteroatoms. The minimum Gasteiger partial charge on any atom is -0.358 e. The van der Waals surface area contributed by atoms with Gasteiger partial charge in [-0.05, 0) is 47.9 Å². The molecule has 1 aliphatic rings. The van der Waals surface area contributed by atoms with Crippen LogP contribution in [0.1, 0.15) is 23.7 Å². The highest BCUT2D eigenvalue weighted by Gasteiger charge is 2.30. The molecular weight excluding hydrogens is 356 g/mol. The smallest absolute Gasteiger partial charge is 0.243 e. The number of H-pyrrole nitrogens is 1. The average molecular weight is 375 g/mol. The summed E-state index contributed by atoms with van der Waals surface area (Å²) in [5.41, 5.74) is 4.26. The number of hydrogen-bond donors (Lipinski definition) is 1. The van der Waals surface area contributed by atoms with Crippen LogP contribution >= 0.6 is 11.6 Å². The first kappa shape index (κ1) is 16.6. The van der Waals surface area contributed by atoms with E-state index in [2.05, 4.69) is 11.9 Å². The van der Waals surface area contributed by atoms with Gasteiger partial charge in [0.25, 0.3) is 0 Å². The molecular formula is C19H19ClN2O2S. The minimum absolute atomic E-state index is 0.353. The molecule has 0 spiro atoms. The van der Waals surface area contributed by atoms with Crippen molar-refractivity contribution in [2.45, 2.75) is 31.2 Å². The molecule has 25 heavy (non-hydrogen) atoms. The number of aromatic nitrogens is 1. The second-order valence-electron chi connectivity index (χ2n) is 6.36. The van der Waals surface area contributed by atoms with Crippen LogP contribution in [-0.2, 0) is 29.4 Å². The molecule has 0 unspecified atom stereocenters. The Kier molecular flexibility index (Phi) is 4.10. The highest BCUT2D eigenvalue weighted by atomic mass is 35.5. The van der Waals surface area contributed by atoms with Crippen LogP contribution in [0, 0.1) is 0 Å². The first-order valence-electron chi connectivity index (χ1n) is 8.37. The van der Waals surface area contributed by atoms with Gasteiger partial charge in [0.05, 0.1) is 4.90 Å². The molecule has 3 aromatic rings. The molecule has 0 saturated carbocycles. The molecule has 0 aliphatic carbocycles. The van der Waals surface area contributed by atoms with E-state index < -0.39 is 10.0 Å². The summed E-state index contributed by atoms with van der Waals surface area (Å²) in [6.45, 7) is 2.90. The number of sulfonamides is 1. The average Bonchev–Trinajstić information content (AvgIpc) is 2.99. The number of halogens is 1. The lowest BCUT2D eigenvalue weighted by Crippen LogP contribution is -2.35. The second-order valence-corrected chi connectivity index (χ2v) is 8.73. The van der Waals surface area contributed by atoms with Crippen LogP contribution in [0.3, 0.4) is 0 Å². The van der Waals surface area contributed by atoms with Gasteiger partial charge in [-0.1, -0.05) is 30.7 Å². The van der Waals surface area contributed by atoms with E-state index in [0.717, 1.165) is 34.1 Å². The Balaban J connectivity index is 1.71. The van der Waals surface area contributed by atoms with Crippen LogP contribution in [0.4, 0.5) is 0 Å². The number of rotatable bonds is 3. The van der Waals surface area contributed by atoms with Crippen molar-refractivity contribution in [2.75, 3.05) is 6.54 Å². The first-order valence-corrected chi connectivity index (χ1v) is 10.2. The molecule has 4 rings (SSSR count). The van der Waals surface area contributed by atoms with E-state index in [0.29, 0.717) is 29.4 Å². The van der Waals surface area contributed by atoms with Gasteiger partial charge in [-0.25, -0.2) is 8.42 Å². The van der Waals surface area contributed by atoms with Crippen LogP contribution in [0.2, 0.25) is 5.02 Å². The van der Waals surface area contributed by atoms with E-state index in [-0.39, 0.29) is 0 Å². The summed E-state index contributed by atoms with van der Waals surface area (Å²) in [6.07, 6.45) is 1.57. The van der Waals surface area contributed by atoms with Gasteiger partial charge in [0.2, 0.25) is 10.0 Å². The summed E-state index contributed by atoms with van der Waals surface area (Å²) in [5, 5.41) is 1.66. The standard InChI is InChI=1S/C19H19ClN2O2S/c1-2-13-3-6-15(7-4-13)25(23,24)22-10-9-19-17(12-22)16-11-14(20)5-8-18(16)21-19/h3-8,11,21H,2,9-10,12H2,1H3. The molecule has 0 atom stereocenters. The van der Waals surface area contributed by atoms with Gasteiger partial charge in [-0.3, -0.25) is 0 Å². The zero-order chi connectivity index (χ0) is 17.6. The Bertz CT molecular complexity index is 1040. The third kappa shape index (κ3) is 2.86.